The topological polar surface area (TPSA) is 63.8 Å². The fourth-order valence-corrected chi connectivity index (χ4v) is 1.75. The Labute approximate surface area is 97.8 Å². The molecule has 1 rings (SSSR count). The van der Waals surface area contributed by atoms with E-state index in [0.717, 1.165) is 18.7 Å². The van der Waals surface area contributed by atoms with Crippen LogP contribution in [0.5, 0.6) is 0 Å². The van der Waals surface area contributed by atoms with Crippen LogP contribution in [0, 0.1) is 3.83 Å². The summed E-state index contributed by atoms with van der Waals surface area (Å²) in [6.07, 6.45) is 2.16. The number of nitrogen functional groups attached to an aromatic ring is 1. The van der Waals surface area contributed by atoms with E-state index < -0.39 is 0 Å². The maximum Gasteiger partial charge on any atom is 0.194 e. The zero-order chi connectivity index (χ0) is 10.6. The first-order valence-electron chi connectivity index (χ1n) is 4.72. The molecule has 0 spiro atoms. The number of nitrogens with two attached hydrogens (primary N) is 1. The largest absolute Gasteiger partial charge is 0.384 e. The lowest BCUT2D eigenvalue weighted by Crippen LogP contribution is -2.18. The first-order valence-corrected chi connectivity index (χ1v) is 5.80. The monoisotopic (exact) mass is 306 g/mol. The Balaban J connectivity index is 2.75. The lowest BCUT2D eigenvalue weighted by atomic mass is 10.2. The van der Waals surface area contributed by atoms with Crippen LogP contribution in [0.2, 0.25) is 0 Å². The van der Waals surface area contributed by atoms with Gasteiger partial charge in [0.05, 0.1) is 0 Å². The Morgan fingerprint density at radius 1 is 1.43 bits per heavy atom. The lowest BCUT2D eigenvalue weighted by molar-refractivity contribution is 0.668. The normalized spacial score (nSPS) is 10.6. The van der Waals surface area contributed by atoms with Crippen molar-refractivity contribution in [2.24, 2.45) is 0 Å². The van der Waals surface area contributed by atoms with Gasteiger partial charge < -0.3 is 11.1 Å². The minimum absolute atomic E-state index is 0.458. The van der Waals surface area contributed by atoms with Crippen molar-refractivity contribution in [3.05, 3.63) is 9.90 Å². The maximum absolute atomic E-state index is 5.62. The van der Waals surface area contributed by atoms with E-state index in [4.69, 9.17) is 5.73 Å². The molecule has 0 unspecified atom stereocenters. The van der Waals surface area contributed by atoms with Gasteiger partial charge in [0.2, 0.25) is 0 Å². The Morgan fingerprint density at radius 3 is 2.57 bits per heavy atom. The number of aromatic nitrogens is 2. The van der Waals surface area contributed by atoms with Crippen LogP contribution in [-0.2, 0) is 0 Å². The average molecular weight is 306 g/mol. The predicted molar refractivity (Wildman–Crippen MR) is 67.2 cm³/mol. The van der Waals surface area contributed by atoms with Gasteiger partial charge >= 0.3 is 0 Å². The van der Waals surface area contributed by atoms with Crippen LogP contribution in [0.1, 0.15) is 26.7 Å². The quantitative estimate of drug-likeness (QED) is 0.661. The third kappa shape index (κ3) is 3.28. The van der Waals surface area contributed by atoms with E-state index in [1.54, 1.807) is 6.07 Å². The van der Waals surface area contributed by atoms with E-state index in [9.17, 15) is 0 Å². The number of hydrogen-bond donors (Lipinski definition) is 2. The third-order valence-corrected chi connectivity index (χ3v) is 2.54. The van der Waals surface area contributed by atoms with E-state index in [0.29, 0.717) is 15.7 Å². The van der Waals surface area contributed by atoms with E-state index >= 15 is 0 Å². The van der Waals surface area contributed by atoms with Crippen molar-refractivity contribution in [1.82, 2.24) is 9.97 Å². The molecule has 0 fully saturated rings. The molecule has 5 heteroatoms. The SMILES string of the molecule is CCC(CC)Nc1cc(N)nc(I)n1. The fourth-order valence-electron chi connectivity index (χ4n) is 1.21. The number of nitrogens with zero attached hydrogens (tertiary/aromatic N) is 2. The second kappa shape index (κ2) is 5.33. The third-order valence-electron chi connectivity index (χ3n) is 2.06. The molecule has 1 aromatic heterocycles. The summed E-state index contributed by atoms with van der Waals surface area (Å²) in [5.41, 5.74) is 5.62. The summed E-state index contributed by atoms with van der Waals surface area (Å²) < 4.78 is 0.677. The maximum atomic E-state index is 5.62. The molecular weight excluding hydrogens is 291 g/mol. The molecule has 0 atom stereocenters. The molecule has 4 nitrogen and oxygen atoms in total. The summed E-state index contributed by atoms with van der Waals surface area (Å²) in [7, 11) is 0. The minimum atomic E-state index is 0.458. The molecule has 0 amide bonds. The second-order valence-electron chi connectivity index (χ2n) is 3.10. The van der Waals surface area contributed by atoms with Gasteiger partial charge in [-0.05, 0) is 12.8 Å². The second-order valence-corrected chi connectivity index (χ2v) is 4.07. The summed E-state index contributed by atoms with van der Waals surface area (Å²) in [5, 5.41) is 3.32. The van der Waals surface area contributed by atoms with E-state index in [1.807, 2.05) is 0 Å². The molecule has 0 bridgehead atoms. The first kappa shape index (κ1) is 11.5. The summed E-state index contributed by atoms with van der Waals surface area (Å²) in [5.74, 6) is 1.33. The van der Waals surface area contributed by atoms with Crippen molar-refractivity contribution in [3.63, 3.8) is 0 Å². The predicted octanol–water partition coefficient (Wildman–Crippen LogP) is 2.26. The van der Waals surface area contributed by atoms with Gasteiger partial charge in [-0.25, -0.2) is 9.97 Å². The molecule has 0 saturated carbocycles. The van der Waals surface area contributed by atoms with Crippen LogP contribution in [0.25, 0.3) is 0 Å². The van der Waals surface area contributed by atoms with Gasteiger partial charge in [-0.15, -0.1) is 0 Å². The fraction of sp³-hybridized carbons (Fsp3) is 0.556. The van der Waals surface area contributed by atoms with Crippen molar-refractivity contribution < 1.29 is 0 Å². The first-order chi connectivity index (χ1) is 6.65. The van der Waals surface area contributed by atoms with Gasteiger partial charge in [-0.1, -0.05) is 13.8 Å². The average Bonchev–Trinajstić information content (AvgIpc) is 2.12. The molecule has 0 aliphatic rings. The Kier molecular flexibility index (Phi) is 4.37. The van der Waals surface area contributed by atoms with Crippen LogP contribution >= 0.6 is 22.6 Å². The van der Waals surface area contributed by atoms with Crippen LogP contribution in [0.3, 0.4) is 0 Å². The Morgan fingerprint density at radius 2 is 2.07 bits per heavy atom. The van der Waals surface area contributed by atoms with Gasteiger partial charge in [-0.2, -0.15) is 0 Å². The van der Waals surface area contributed by atoms with Crippen molar-refractivity contribution >= 4 is 34.2 Å². The summed E-state index contributed by atoms with van der Waals surface area (Å²) in [4.78, 5) is 8.26. The standard InChI is InChI=1S/C9H15IN4/c1-3-6(4-2)12-8-5-7(11)13-9(10)14-8/h5-6H,3-4H2,1-2H3,(H3,11,12,13,14). The van der Waals surface area contributed by atoms with E-state index in [2.05, 4.69) is 51.7 Å². The Hall–Kier alpha value is -0.590. The van der Waals surface area contributed by atoms with Crippen molar-refractivity contribution in [2.75, 3.05) is 11.1 Å². The van der Waals surface area contributed by atoms with Crippen molar-refractivity contribution in [2.45, 2.75) is 32.7 Å². The zero-order valence-corrected chi connectivity index (χ0v) is 10.6. The molecule has 0 saturated heterocycles. The number of halogens is 1. The Bertz CT molecular complexity index is 279. The minimum Gasteiger partial charge on any atom is -0.384 e. The number of anilines is 2. The van der Waals surface area contributed by atoms with Crippen LogP contribution in [-0.4, -0.2) is 16.0 Å². The van der Waals surface area contributed by atoms with Gasteiger partial charge in [0.25, 0.3) is 0 Å². The van der Waals surface area contributed by atoms with Crippen LogP contribution in [0.4, 0.5) is 11.6 Å². The highest BCUT2D eigenvalue weighted by atomic mass is 127. The molecule has 14 heavy (non-hydrogen) atoms. The van der Waals surface area contributed by atoms with Crippen molar-refractivity contribution in [1.29, 1.82) is 0 Å². The van der Waals surface area contributed by atoms with Crippen molar-refractivity contribution in [3.8, 4) is 0 Å². The van der Waals surface area contributed by atoms with Gasteiger partial charge in [-0.3, -0.25) is 0 Å². The number of hydrogen-bond acceptors (Lipinski definition) is 4. The summed E-state index contributed by atoms with van der Waals surface area (Å²) in [6, 6.07) is 2.22. The summed E-state index contributed by atoms with van der Waals surface area (Å²) in [6.45, 7) is 4.30. The molecule has 1 aromatic rings. The highest BCUT2D eigenvalue weighted by molar-refractivity contribution is 14.1. The van der Waals surface area contributed by atoms with Gasteiger partial charge in [0.1, 0.15) is 11.6 Å². The molecule has 0 radical (unpaired) electrons. The van der Waals surface area contributed by atoms with E-state index in [1.165, 1.54) is 0 Å². The van der Waals surface area contributed by atoms with Crippen LogP contribution < -0.4 is 11.1 Å². The molecular formula is C9H15IN4. The zero-order valence-electron chi connectivity index (χ0n) is 8.42. The smallest absolute Gasteiger partial charge is 0.194 e. The number of rotatable bonds is 4. The van der Waals surface area contributed by atoms with E-state index in [-0.39, 0.29) is 0 Å². The molecule has 3 N–H and O–H groups in total. The highest BCUT2D eigenvalue weighted by Crippen LogP contribution is 2.12. The molecule has 0 aromatic carbocycles. The molecule has 0 aliphatic heterocycles. The van der Waals surface area contributed by atoms with Crippen LogP contribution in [0.15, 0.2) is 6.07 Å². The molecule has 1 heterocycles. The highest BCUT2D eigenvalue weighted by Gasteiger charge is 2.05. The molecule has 0 aliphatic carbocycles. The summed E-state index contributed by atoms with van der Waals surface area (Å²) >= 11 is 2.06. The molecule has 78 valence electrons. The number of nitrogens with one attached hydrogen (secondary N) is 1. The van der Waals surface area contributed by atoms with Gasteiger partial charge in [0, 0.05) is 34.7 Å². The van der Waals surface area contributed by atoms with Gasteiger partial charge in [0.15, 0.2) is 3.83 Å². The lowest BCUT2D eigenvalue weighted by Gasteiger charge is -2.15.